The van der Waals surface area contributed by atoms with Crippen LogP contribution in [0.2, 0.25) is 0 Å². The van der Waals surface area contributed by atoms with Crippen molar-refractivity contribution < 1.29 is 27.9 Å². The van der Waals surface area contributed by atoms with Crippen molar-refractivity contribution in [3.63, 3.8) is 0 Å². The molecular formula is C28H36F3N3O3. The van der Waals surface area contributed by atoms with E-state index in [1.54, 1.807) is 36.4 Å². The number of carbonyl (C=O) groups excluding carboxylic acids is 1. The Labute approximate surface area is 215 Å². The third-order valence-corrected chi connectivity index (χ3v) is 6.12. The van der Waals surface area contributed by atoms with E-state index in [0.29, 0.717) is 24.0 Å². The van der Waals surface area contributed by atoms with Gasteiger partial charge in [0.25, 0.3) is 0 Å². The number of nitrogens with two attached hydrogens (primary N) is 1. The van der Waals surface area contributed by atoms with Crippen LogP contribution in [-0.4, -0.2) is 34.9 Å². The number of carboxylic acid groups (broad SMARTS) is 1. The summed E-state index contributed by atoms with van der Waals surface area (Å²) in [6.45, 7) is 3.69. The SMILES string of the molecule is C1CC1.CC(C)C[C@H](NC(c1ccc(-c2ccc(CC(=O)O)cc2)cc1)C(F)(F)F)C(=O)NC1(N)CC1. The number of benzene rings is 2. The predicted octanol–water partition coefficient (Wildman–Crippen LogP) is 5.32. The van der Waals surface area contributed by atoms with Gasteiger partial charge in [0.1, 0.15) is 6.04 Å². The molecule has 2 aromatic carbocycles. The first kappa shape index (κ1) is 28.7. The summed E-state index contributed by atoms with van der Waals surface area (Å²) in [7, 11) is 0. The molecule has 4 rings (SSSR count). The van der Waals surface area contributed by atoms with Crippen LogP contribution in [-0.2, 0) is 16.0 Å². The number of amides is 1. The molecule has 2 atom stereocenters. The number of nitrogens with one attached hydrogen (secondary N) is 2. The minimum absolute atomic E-state index is 0.00321. The van der Waals surface area contributed by atoms with E-state index < -0.39 is 35.8 Å². The maximum absolute atomic E-state index is 14.0. The van der Waals surface area contributed by atoms with Crippen molar-refractivity contribution in [2.75, 3.05) is 0 Å². The van der Waals surface area contributed by atoms with E-state index >= 15 is 0 Å². The Hall–Kier alpha value is -2.91. The zero-order chi connectivity index (χ0) is 27.2. The fourth-order valence-electron chi connectivity index (χ4n) is 3.75. The first-order valence-corrected chi connectivity index (χ1v) is 12.7. The lowest BCUT2D eigenvalue weighted by atomic mass is 9.97. The third-order valence-electron chi connectivity index (χ3n) is 6.12. The van der Waals surface area contributed by atoms with E-state index in [9.17, 15) is 22.8 Å². The molecule has 2 aromatic rings. The average molecular weight is 520 g/mol. The van der Waals surface area contributed by atoms with Gasteiger partial charge in [0, 0.05) is 0 Å². The van der Waals surface area contributed by atoms with E-state index in [1.807, 2.05) is 13.8 Å². The molecule has 202 valence electrons. The number of aliphatic carboxylic acids is 1. The summed E-state index contributed by atoms with van der Waals surface area (Å²) < 4.78 is 42.1. The minimum Gasteiger partial charge on any atom is -0.481 e. The number of carboxylic acids is 1. The molecule has 0 saturated heterocycles. The molecule has 2 aliphatic carbocycles. The molecular weight excluding hydrogens is 483 g/mol. The Morgan fingerprint density at radius 1 is 0.973 bits per heavy atom. The average Bonchev–Trinajstić information content (AvgIpc) is 3.73. The van der Waals surface area contributed by atoms with Gasteiger partial charge in [0.05, 0.1) is 18.1 Å². The summed E-state index contributed by atoms with van der Waals surface area (Å²) in [6, 6.07) is 9.69. The summed E-state index contributed by atoms with van der Waals surface area (Å²) in [6.07, 6.45) is 1.22. The van der Waals surface area contributed by atoms with E-state index in [4.69, 9.17) is 10.8 Å². The van der Waals surface area contributed by atoms with E-state index in [2.05, 4.69) is 10.6 Å². The number of carbonyl (C=O) groups is 2. The Balaban J connectivity index is 0.00000118. The van der Waals surface area contributed by atoms with Crippen LogP contribution < -0.4 is 16.4 Å². The van der Waals surface area contributed by atoms with Gasteiger partial charge in [-0.2, -0.15) is 13.2 Å². The fourth-order valence-corrected chi connectivity index (χ4v) is 3.75. The molecule has 2 aliphatic rings. The molecule has 6 nitrogen and oxygen atoms in total. The van der Waals surface area contributed by atoms with Gasteiger partial charge in [-0.15, -0.1) is 0 Å². The highest BCUT2D eigenvalue weighted by Gasteiger charge is 2.45. The third kappa shape index (κ3) is 9.48. The number of alkyl halides is 3. The second-order valence-corrected chi connectivity index (χ2v) is 10.4. The zero-order valence-corrected chi connectivity index (χ0v) is 21.3. The van der Waals surface area contributed by atoms with E-state index in [1.165, 1.54) is 31.4 Å². The molecule has 9 heteroatoms. The number of halogens is 3. The Morgan fingerprint density at radius 3 is 1.89 bits per heavy atom. The molecule has 37 heavy (non-hydrogen) atoms. The largest absolute Gasteiger partial charge is 0.481 e. The molecule has 0 heterocycles. The molecule has 0 spiro atoms. The highest BCUT2D eigenvalue weighted by Crippen LogP contribution is 2.35. The molecule has 1 unspecified atom stereocenters. The maximum atomic E-state index is 14.0. The second-order valence-electron chi connectivity index (χ2n) is 10.4. The Morgan fingerprint density at radius 2 is 1.49 bits per heavy atom. The highest BCUT2D eigenvalue weighted by molar-refractivity contribution is 5.83. The van der Waals surface area contributed by atoms with Crippen LogP contribution in [0.1, 0.15) is 69.5 Å². The molecule has 5 N–H and O–H groups in total. The summed E-state index contributed by atoms with van der Waals surface area (Å²) >= 11 is 0. The molecule has 0 radical (unpaired) electrons. The van der Waals surface area contributed by atoms with Crippen LogP contribution in [0, 0.1) is 5.92 Å². The van der Waals surface area contributed by atoms with Crippen molar-refractivity contribution in [1.29, 1.82) is 0 Å². The maximum Gasteiger partial charge on any atom is 0.407 e. The lowest BCUT2D eigenvalue weighted by Crippen LogP contribution is -2.54. The normalized spacial score (nSPS) is 17.3. The first-order valence-electron chi connectivity index (χ1n) is 12.7. The van der Waals surface area contributed by atoms with Crippen molar-refractivity contribution in [1.82, 2.24) is 10.6 Å². The lowest BCUT2D eigenvalue weighted by molar-refractivity contribution is -0.161. The van der Waals surface area contributed by atoms with Crippen molar-refractivity contribution in [2.24, 2.45) is 11.7 Å². The monoisotopic (exact) mass is 519 g/mol. The summed E-state index contributed by atoms with van der Waals surface area (Å²) in [5, 5.41) is 14.1. The van der Waals surface area contributed by atoms with Crippen molar-refractivity contribution in [3.05, 3.63) is 59.7 Å². The number of hydrogen-bond donors (Lipinski definition) is 4. The Bertz CT molecular complexity index is 1040. The quantitative estimate of drug-likeness (QED) is 0.318. The highest BCUT2D eigenvalue weighted by atomic mass is 19.4. The van der Waals surface area contributed by atoms with Crippen LogP contribution in [0.15, 0.2) is 48.5 Å². The second kappa shape index (κ2) is 12.1. The van der Waals surface area contributed by atoms with E-state index in [0.717, 1.165) is 5.56 Å². The fraction of sp³-hybridized carbons (Fsp3) is 0.500. The van der Waals surface area contributed by atoms with Crippen LogP contribution in [0.4, 0.5) is 13.2 Å². The summed E-state index contributed by atoms with van der Waals surface area (Å²) in [5.41, 5.74) is 7.20. The van der Waals surface area contributed by atoms with Gasteiger partial charge in [-0.05, 0) is 47.4 Å². The molecule has 2 fully saturated rings. The summed E-state index contributed by atoms with van der Waals surface area (Å²) in [4.78, 5) is 23.5. The smallest absolute Gasteiger partial charge is 0.407 e. The summed E-state index contributed by atoms with van der Waals surface area (Å²) in [5.74, 6) is -1.47. The van der Waals surface area contributed by atoms with Crippen LogP contribution in [0.3, 0.4) is 0 Å². The van der Waals surface area contributed by atoms with E-state index in [-0.39, 0.29) is 24.3 Å². The minimum atomic E-state index is -4.62. The van der Waals surface area contributed by atoms with Crippen molar-refractivity contribution in [3.8, 4) is 11.1 Å². The topological polar surface area (TPSA) is 104 Å². The molecule has 2 saturated carbocycles. The van der Waals surface area contributed by atoms with Gasteiger partial charge in [-0.1, -0.05) is 81.6 Å². The predicted molar refractivity (Wildman–Crippen MR) is 137 cm³/mol. The van der Waals surface area contributed by atoms with Gasteiger partial charge in [-0.25, -0.2) is 0 Å². The van der Waals surface area contributed by atoms with Crippen molar-refractivity contribution in [2.45, 2.75) is 82.7 Å². The van der Waals surface area contributed by atoms with Gasteiger partial charge >= 0.3 is 12.1 Å². The first-order chi connectivity index (χ1) is 17.4. The van der Waals surface area contributed by atoms with Gasteiger partial charge in [0.15, 0.2) is 0 Å². The van der Waals surface area contributed by atoms with Crippen LogP contribution in [0.25, 0.3) is 11.1 Å². The van der Waals surface area contributed by atoms with Gasteiger partial charge < -0.3 is 16.2 Å². The van der Waals surface area contributed by atoms with Gasteiger partial charge in [0.2, 0.25) is 5.91 Å². The molecule has 1 amide bonds. The standard InChI is InChI=1S/C25H30F3N3O3.C3H6/c1-15(2)13-20(23(34)31-24(29)11-12-24)30-22(25(26,27)28)19-9-7-18(8-10-19)17-5-3-16(4-6-17)14-21(32)33;1-2-3-1/h3-10,15,20,22,30H,11-14,29H2,1-2H3,(H,31,34)(H,32,33);1-3H2/t20-,22?;/m0./s1. The Kier molecular flexibility index (Phi) is 9.36. The lowest BCUT2D eigenvalue weighted by Gasteiger charge is -2.29. The van der Waals surface area contributed by atoms with Crippen LogP contribution >= 0.6 is 0 Å². The number of hydrogen-bond acceptors (Lipinski definition) is 4. The number of rotatable bonds is 10. The van der Waals surface area contributed by atoms with Crippen LogP contribution in [0.5, 0.6) is 0 Å². The van der Waals surface area contributed by atoms with Crippen molar-refractivity contribution >= 4 is 11.9 Å². The zero-order valence-electron chi connectivity index (χ0n) is 21.3. The molecule has 0 bridgehead atoms. The molecule has 0 aromatic heterocycles. The van der Waals surface area contributed by atoms with Gasteiger partial charge in [-0.3, -0.25) is 14.9 Å². The molecule has 0 aliphatic heterocycles.